The van der Waals surface area contributed by atoms with E-state index < -0.39 is 0 Å². The Kier molecular flexibility index (Phi) is 7.19. The van der Waals surface area contributed by atoms with Crippen LogP contribution in [0.3, 0.4) is 0 Å². The zero-order chi connectivity index (χ0) is 21.5. The third-order valence-corrected chi connectivity index (χ3v) is 6.39. The number of hydrogen-bond acceptors (Lipinski definition) is 5. The van der Waals surface area contributed by atoms with E-state index in [0.29, 0.717) is 42.9 Å². The highest BCUT2D eigenvalue weighted by atomic mass is 32.2. The molecule has 0 unspecified atom stereocenters. The number of fused-ring (bicyclic) bond motifs is 1. The summed E-state index contributed by atoms with van der Waals surface area (Å²) in [5, 5.41) is 8.39. The van der Waals surface area contributed by atoms with Gasteiger partial charge in [0, 0.05) is 28.5 Å². The summed E-state index contributed by atoms with van der Waals surface area (Å²) in [6, 6.07) is 13.2. The lowest BCUT2D eigenvalue weighted by Crippen LogP contribution is -2.41. The number of carbonyl (C=O) groups is 2. The lowest BCUT2D eigenvalue weighted by molar-refractivity contribution is -0.115. The van der Waals surface area contributed by atoms with Crippen molar-refractivity contribution in [3.63, 3.8) is 0 Å². The van der Waals surface area contributed by atoms with Crippen LogP contribution in [0.15, 0.2) is 52.3 Å². The molecule has 31 heavy (non-hydrogen) atoms. The van der Waals surface area contributed by atoms with Gasteiger partial charge in [0.05, 0.1) is 12.2 Å². The number of urea groups is 1. The first kappa shape index (κ1) is 21.4. The Morgan fingerprint density at radius 1 is 0.968 bits per heavy atom. The highest BCUT2D eigenvalue weighted by Crippen LogP contribution is 2.42. The van der Waals surface area contributed by atoms with Crippen LogP contribution in [0.4, 0.5) is 10.5 Å². The Hall–Kier alpha value is -2.87. The number of benzene rings is 2. The summed E-state index contributed by atoms with van der Waals surface area (Å²) < 4.78 is 11.4. The molecule has 1 saturated carbocycles. The SMILES string of the molecule is O=C(CNC(=O)NCC1CCCC1)Nc1cc2c(cc1Sc1ccccc1)OCCO2. The monoisotopic (exact) mass is 441 g/mol. The van der Waals surface area contributed by atoms with Crippen LogP contribution >= 0.6 is 11.8 Å². The van der Waals surface area contributed by atoms with E-state index in [4.69, 9.17) is 9.47 Å². The van der Waals surface area contributed by atoms with Crippen LogP contribution in [-0.4, -0.2) is 38.2 Å². The quantitative estimate of drug-likeness (QED) is 0.604. The third kappa shape index (κ3) is 6.07. The first-order valence-electron chi connectivity index (χ1n) is 10.7. The van der Waals surface area contributed by atoms with E-state index in [2.05, 4.69) is 16.0 Å². The van der Waals surface area contributed by atoms with Crippen LogP contribution in [-0.2, 0) is 4.79 Å². The molecule has 1 heterocycles. The minimum atomic E-state index is -0.317. The molecule has 7 nitrogen and oxygen atoms in total. The van der Waals surface area contributed by atoms with Gasteiger partial charge in [0.1, 0.15) is 13.2 Å². The number of carbonyl (C=O) groups excluding carboxylic acids is 2. The first-order valence-corrected chi connectivity index (χ1v) is 11.5. The number of amides is 3. The van der Waals surface area contributed by atoms with Gasteiger partial charge in [0.25, 0.3) is 0 Å². The summed E-state index contributed by atoms with van der Waals surface area (Å²) in [7, 11) is 0. The Labute approximate surface area is 186 Å². The van der Waals surface area contributed by atoms with Gasteiger partial charge < -0.3 is 25.4 Å². The van der Waals surface area contributed by atoms with Crippen LogP contribution in [0, 0.1) is 5.92 Å². The van der Waals surface area contributed by atoms with E-state index in [1.54, 1.807) is 6.07 Å². The standard InChI is InChI=1S/C23H27N3O4S/c27-22(15-25-23(28)24-14-16-6-4-5-7-16)26-18-12-19-20(30-11-10-29-19)13-21(18)31-17-8-2-1-3-9-17/h1-3,8-9,12-13,16H,4-7,10-11,14-15H2,(H,26,27)(H2,24,25,28). The van der Waals surface area contributed by atoms with Crippen molar-refractivity contribution < 1.29 is 19.1 Å². The Balaban J connectivity index is 1.37. The van der Waals surface area contributed by atoms with Gasteiger partial charge in [-0.25, -0.2) is 4.79 Å². The van der Waals surface area contributed by atoms with Crippen LogP contribution in [0.2, 0.25) is 0 Å². The molecule has 0 atom stereocenters. The number of hydrogen-bond donors (Lipinski definition) is 3. The number of rotatable bonds is 7. The van der Waals surface area contributed by atoms with Crippen molar-refractivity contribution in [2.24, 2.45) is 5.92 Å². The average molecular weight is 442 g/mol. The summed E-state index contributed by atoms with van der Waals surface area (Å²) in [5.41, 5.74) is 0.622. The maximum Gasteiger partial charge on any atom is 0.315 e. The first-order chi connectivity index (χ1) is 15.2. The minimum absolute atomic E-state index is 0.111. The summed E-state index contributed by atoms with van der Waals surface area (Å²) in [6.07, 6.45) is 4.78. The van der Waals surface area contributed by atoms with Crippen molar-refractivity contribution in [2.75, 3.05) is 31.6 Å². The average Bonchev–Trinajstić information content (AvgIpc) is 3.31. The Morgan fingerprint density at radius 2 is 1.68 bits per heavy atom. The zero-order valence-electron chi connectivity index (χ0n) is 17.3. The van der Waals surface area contributed by atoms with Crippen molar-refractivity contribution in [1.82, 2.24) is 10.6 Å². The second-order valence-electron chi connectivity index (χ2n) is 7.67. The van der Waals surface area contributed by atoms with Crippen LogP contribution in [0.5, 0.6) is 11.5 Å². The van der Waals surface area contributed by atoms with Crippen LogP contribution < -0.4 is 25.4 Å². The lowest BCUT2D eigenvalue weighted by atomic mass is 10.1. The second kappa shape index (κ2) is 10.4. The van der Waals surface area contributed by atoms with E-state index in [1.165, 1.54) is 24.6 Å². The molecule has 8 heteroatoms. The van der Waals surface area contributed by atoms with Crippen molar-refractivity contribution >= 4 is 29.4 Å². The molecule has 2 aromatic rings. The van der Waals surface area contributed by atoms with Gasteiger partial charge in [0.15, 0.2) is 11.5 Å². The third-order valence-electron chi connectivity index (χ3n) is 5.33. The highest BCUT2D eigenvalue weighted by Gasteiger charge is 2.19. The minimum Gasteiger partial charge on any atom is -0.486 e. The topological polar surface area (TPSA) is 88.7 Å². The molecular weight excluding hydrogens is 414 g/mol. The van der Waals surface area contributed by atoms with E-state index in [-0.39, 0.29) is 18.5 Å². The molecule has 0 aromatic heterocycles. The molecule has 1 aliphatic carbocycles. The Bertz CT molecular complexity index is 917. The summed E-state index contributed by atoms with van der Waals surface area (Å²) in [5.74, 6) is 1.51. The maximum absolute atomic E-state index is 12.5. The molecule has 2 aromatic carbocycles. The zero-order valence-corrected chi connectivity index (χ0v) is 18.1. The fourth-order valence-electron chi connectivity index (χ4n) is 3.74. The Morgan fingerprint density at radius 3 is 2.42 bits per heavy atom. The van der Waals surface area contributed by atoms with Gasteiger partial charge in [-0.1, -0.05) is 42.8 Å². The molecule has 2 aliphatic rings. The van der Waals surface area contributed by atoms with Gasteiger partial charge in [-0.3, -0.25) is 4.79 Å². The maximum atomic E-state index is 12.5. The van der Waals surface area contributed by atoms with E-state index in [0.717, 1.165) is 22.6 Å². The fraction of sp³-hybridized carbons (Fsp3) is 0.391. The molecule has 0 spiro atoms. The molecule has 164 valence electrons. The molecule has 1 aliphatic heterocycles. The van der Waals surface area contributed by atoms with E-state index >= 15 is 0 Å². The van der Waals surface area contributed by atoms with Gasteiger partial charge in [-0.2, -0.15) is 0 Å². The molecular formula is C23H27N3O4S. The fourth-order valence-corrected chi connectivity index (χ4v) is 4.67. The summed E-state index contributed by atoms with van der Waals surface area (Å²) in [6.45, 7) is 1.51. The number of nitrogens with one attached hydrogen (secondary N) is 3. The summed E-state index contributed by atoms with van der Waals surface area (Å²) in [4.78, 5) is 26.4. The van der Waals surface area contributed by atoms with Gasteiger partial charge in [-0.15, -0.1) is 0 Å². The van der Waals surface area contributed by atoms with Gasteiger partial charge in [-0.05, 0) is 30.9 Å². The molecule has 0 saturated heterocycles. The van der Waals surface area contributed by atoms with Crippen molar-refractivity contribution in [2.45, 2.75) is 35.5 Å². The van der Waals surface area contributed by atoms with Gasteiger partial charge >= 0.3 is 6.03 Å². The predicted octanol–water partition coefficient (Wildman–Crippen LogP) is 4.04. The second-order valence-corrected chi connectivity index (χ2v) is 8.78. The number of ether oxygens (including phenoxy) is 2. The van der Waals surface area contributed by atoms with Crippen molar-refractivity contribution in [3.8, 4) is 11.5 Å². The highest BCUT2D eigenvalue weighted by molar-refractivity contribution is 7.99. The van der Waals surface area contributed by atoms with E-state index in [9.17, 15) is 9.59 Å². The molecule has 4 rings (SSSR count). The van der Waals surface area contributed by atoms with Crippen molar-refractivity contribution in [1.29, 1.82) is 0 Å². The smallest absolute Gasteiger partial charge is 0.315 e. The van der Waals surface area contributed by atoms with Gasteiger partial charge in [0.2, 0.25) is 5.91 Å². The van der Waals surface area contributed by atoms with Crippen molar-refractivity contribution in [3.05, 3.63) is 42.5 Å². The summed E-state index contributed by atoms with van der Waals surface area (Å²) >= 11 is 1.53. The van der Waals surface area contributed by atoms with Crippen LogP contribution in [0.25, 0.3) is 0 Å². The van der Waals surface area contributed by atoms with Crippen LogP contribution in [0.1, 0.15) is 25.7 Å². The molecule has 0 bridgehead atoms. The number of anilines is 1. The molecule has 0 radical (unpaired) electrons. The molecule has 3 N–H and O–H groups in total. The normalized spacial score (nSPS) is 15.4. The predicted molar refractivity (Wildman–Crippen MR) is 120 cm³/mol. The molecule has 3 amide bonds. The molecule has 1 fully saturated rings. The van der Waals surface area contributed by atoms with E-state index in [1.807, 2.05) is 36.4 Å². The largest absolute Gasteiger partial charge is 0.486 e. The lowest BCUT2D eigenvalue weighted by Gasteiger charge is -2.21.